The Morgan fingerprint density at radius 2 is 1.86 bits per heavy atom. The van der Waals surface area contributed by atoms with Crippen molar-refractivity contribution in [3.8, 4) is 0 Å². The van der Waals surface area contributed by atoms with E-state index in [9.17, 15) is 13.2 Å². The van der Waals surface area contributed by atoms with Gasteiger partial charge in [-0.3, -0.25) is 0 Å². The molecule has 1 heterocycles. The molecule has 0 bridgehead atoms. The second kappa shape index (κ2) is 5.14. The van der Waals surface area contributed by atoms with Gasteiger partial charge in [-0.05, 0) is 37.5 Å². The number of nitrogens with two attached hydrogens (primary N) is 1. The molecule has 0 aliphatic heterocycles. The van der Waals surface area contributed by atoms with Crippen LogP contribution in [0.15, 0.2) is 22.7 Å². The van der Waals surface area contributed by atoms with Crippen LogP contribution in [0.2, 0.25) is 0 Å². The van der Waals surface area contributed by atoms with E-state index in [1.165, 1.54) is 0 Å². The van der Waals surface area contributed by atoms with E-state index in [-0.39, 0.29) is 5.82 Å². The average molecular weight is 299 g/mol. The predicted molar refractivity (Wildman–Crippen MR) is 70.6 cm³/mol. The zero-order valence-corrected chi connectivity index (χ0v) is 12.0. The van der Waals surface area contributed by atoms with Gasteiger partial charge in [-0.15, -0.1) is 0 Å². The highest BCUT2D eigenvalue weighted by molar-refractivity contribution is 5.31. The van der Waals surface area contributed by atoms with Crippen molar-refractivity contribution in [2.75, 3.05) is 0 Å². The van der Waals surface area contributed by atoms with Gasteiger partial charge in [0.1, 0.15) is 0 Å². The minimum Gasteiger partial charge on any atom is -0.337 e. The number of hydrogen-bond acceptors (Lipinski definition) is 4. The van der Waals surface area contributed by atoms with Crippen molar-refractivity contribution in [2.45, 2.75) is 38.9 Å². The summed E-state index contributed by atoms with van der Waals surface area (Å²) < 4.78 is 43.1. The number of rotatable bonds is 3. The lowest BCUT2D eigenvalue weighted by molar-refractivity contribution is -0.190. The van der Waals surface area contributed by atoms with Crippen LogP contribution in [0.5, 0.6) is 0 Å². The number of benzene rings is 1. The first-order valence-electron chi connectivity index (χ1n) is 6.36. The van der Waals surface area contributed by atoms with Gasteiger partial charge in [0.15, 0.2) is 11.4 Å². The smallest absolute Gasteiger partial charge is 0.337 e. The van der Waals surface area contributed by atoms with Crippen LogP contribution < -0.4 is 5.73 Å². The van der Waals surface area contributed by atoms with Gasteiger partial charge in [0.05, 0.1) is 0 Å². The Bertz CT molecular complexity index is 647. The van der Waals surface area contributed by atoms with Crippen molar-refractivity contribution in [3.63, 3.8) is 0 Å². The Labute approximate surface area is 120 Å². The molecular weight excluding hydrogens is 283 g/mol. The van der Waals surface area contributed by atoms with Crippen LogP contribution in [0.25, 0.3) is 0 Å². The Morgan fingerprint density at radius 3 is 2.43 bits per heavy atom. The molecule has 4 nitrogen and oxygen atoms in total. The highest BCUT2D eigenvalue weighted by atomic mass is 19.4. The maximum atomic E-state index is 12.8. The first-order valence-corrected chi connectivity index (χ1v) is 6.36. The van der Waals surface area contributed by atoms with Crippen LogP contribution >= 0.6 is 0 Å². The number of hydrogen-bond donors (Lipinski definition) is 1. The minimum absolute atomic E-state index is 0.175. The second-order valence-corrected chi connectivity index (χ2v) is 5.31. The van der Waals surface area contributed by atoms with Gasteiger partial charge in [-0.25, -0.2) is 0 Å². The molecule has 2 rings (SSSR count). The highest BCUT2D eigenvalue weighted by Gasteiger charge is 2.53. The molecule has 0 saturated carbocycles. The monoisotopic (exact) mass is 299 g/mol. The van der Waals surface area contributed by atoms with E-state index in [0.29, 0.717) is 6.42 Å². The number of alkyl halides is 3. The fraction of sp³-hybridized carbons (Fsp3) is 0.429. The van der Waals surface area contributed by atoms with Crippen LogP contribution in [-0.4, -0.2) is 16.3 Å². The summed E-state index contributed by atoms with van der Waals surface area (Å²) in [7, 11) is 0. The van der Waals surface area contributed by atoms with Crippen LogP contribution in [0, 0.1) is 13.8 Å². The second-order valence-electron chi connectivity index (χ2n) is 5.31. The lowest BCUT2D eigenvalue weighted by Gasteiger charge is -2.22. The molecular formula is C14H16F3N3O. The summed E-state index contributed by atoms with van der Waals surface area (Å²) in [5.74, 6) is -0.456. The zero-order valence-electron chi connectivity index (χ0n) is 12.0. The lowest BCUT2D eigenvalue weighted by Crippen LogP contribution is -2.48. The molecule has 7 heteroatoms. The van der Waals surface area contributed by atoms with Crippen LogP contribution in [0.3, 0.4) is 0 Å². The maximum absolute atomic E-state index is 12.8. The molecule has 1 unspecified atom stereocenters. The summed E-state index contributed by atoms with van der Waals surface area (Å²) in [6, 6.07) is 5.76. The summed E-state index contributed by atoms with van der Waals surface area (Å²) >= 11 is 0. The fourth-order valence-electron chi connectivity index (χ4n) is 1.75. The fourth-order valence-corrected chi connectivity index (χ4v) is 1.75. The number of halogens is 3. The number of nitrogens with zero attached hydrogens (tertiary/aromatic N) is 2. The van der Waals surface area contributed by atoms with Crippen molar-refractivity contribution < 1.29 is 17.7 Å². The molecule has 2 N–H and O–H groups in total. The third-order valence-corrected chi connectivity index (χ3v) is 3.43. The van der Waals surface area contributed by atoms with E-state index >= 15 is 0 Å². The van der Waals surface area contributed by atoms with Crippen molar-refractivity contribution in [1.29, 1.82) is 0 Å². The molecule has 1 aromatic heterocycles. The summed E-state index contributed by atoms with van der Waals surface area (Å²) in [6.07, 6.45) is -4.37. The van der Waals surface area contributed by atoms with Gasteiger partial charge in [-0.1, -0.05) is 23.4 Å². The van der Waals surface area contributed by atoms with E-state index in [4.69, 9.17) is 5.73 Å². The van der Waals surface area contributed by atoms with Gasteiger partial charge in [0.2, 0.25) is 0 Å². The molecule has 114 valence electrons. The van der Waals surface area contributed by atoms with Gasteiger partial charge in [-0.2, -0.15) is 18.2 Å². The van der Waals surface area contributed by atoms with Crippen molar-refractivity contribution >= 4 is 0 Å². The molecule has 1 atom stereocenters. The molecule has 0 aliphatic rings. The highest BCUT2D eigenvalue weighted by Crippen LogP contribution is 2.35. The van der Waals surface area contributed by atoms with Crippen molar-refractivity contribution in [3.05, 3.63) is 46.6 Å². The molecule has 0 aliphatic carbocycles. The standard InChI is InChI=1S/C14H16F3N3O/c1-8-4-5-10(6-9(8)2)7-11-19-12(21-20-11)13(3,18)14(15,16)17/h4-6H,7,18H2,1-3H3. The third kappa shape index (κ3) is 3.07. The number of aromatic nitrogens is 2. The normalized spacial score (nSPS) is 15.0. The van der Waals surface area contributed by atoms with Gasteiger partial charge in [0.25, 0.3) is 5.89 Å². The molecule has 0 saturated heterocycles. The third-order valence-electron chi connectivity index (χ3n) is 3.43. The van der Waals surface area contributed by atoms with E-state index in [2.05, 4.69) is 14.7 Å². The largest absolute Gasteiger partial charge is 0.415 e. The van der Waals surface area contributed by atoms with E-state index in [1.54, 1.807) is 0 Å². The molecule has 21 heavy (non-hydrogen) atoms. The lowest BCUT2D eigenvalue weighted by atomic mass is 10.0. The zero-order chi connectivity index (χ0) is 15.8. The summed E-state index contributed by atoms with van der Waals surface area (Å²) in [4.78, 5) is 3.77. The van der Waals surface area contributed by atoms with E-state index < -0.39 is 17.6 Å². The van der Waals surface area contributed by atoms with Crippen molar-refractivity contribution in [2.24, 2.45) is 5.73 Å². The van der Waals surface area contributed by atoms with E-state index in [0.717, 1.165) is 23.6 Å². The minimum atomic E-state index is -4.66. The Morgan fingerprint density at radius 1 is 1.19 bits per heavy atom. The topological polar surface area (TPSA) is 64.9 Å². The quantitative estimate of drug-likeness (QED) is 0.946. The maximum Gasteiger partial charge on any atom is 0.415 e. The summed E-state index contributed by atoms with van der Waals surface area (Å²) in [5.41, 5.74) is 5.72. The van der Waals surface area contributed by atoms with Crippen molar-refractivity contribution in [1.82, 2.24) is 10.1 Å². The SMILES string of the molecule is Cc1ccc(Cc2noc(C(C)(N)C(F)(F)F)n2)cc1C. The summed E-state index contributed by atoms with van der Waals surface area (Å²) in [5, 5.41) is 3.58. The first kappa shape index (κ1) is 15.5. The Balaban J connectivity index is 2.22. The van der Waals surface area contributed by atoms with Gasteiger partial charge < -0.3 is 10.3 Å². The van der Waals surface area contributed by atoms with Crippen LogP contribution in [0.1, 0.15) is 35.3 Å². The van der Waals surface area contributed by atoms with Crippen LogP contribution in [0.4, 0.5) is 13.2 Å². The summed E-state index contributed by atoms with van der Waals surface area (Å²) in [6.45, 7) is 4.75. The first-order chi connectivity index (χ1) is 9.61. The van der Waals surface area contributed by atoms with Crippen LogP contribution in [-0.2, 0) is 12.0 Å². The molecule has 0 amide bonds. The van der Waals surface area contributed by atoms with E-state index in [1.807, 2.05) is 32.0 Å². The van der Waals surface area contributed by atoms with Gasteiger partial charge >= 0.3 is 6.18 Å². The molecule has 2 aromatic rings. The molecule has 0 radical (unpaired) electrons. The Hall–Kier alpha value is -1.89. The molecule has 0 spiro atoms. The molecule has 0 fully saturated rings. The van der Waals surface area contributed by atoms with Gasteiger partial charge in [0, 0.05) is 6.42 Å². The predicted octanol–water partition coefficient (Wildman–Crippen LogP) is 3.01. The average Bonchev–Trinajstić information content (AvgIpc) is 2.81. The number of aryl methyl sites for hydroxylation is 2. The molecule has 1 aromatic carbocycles. The Kier molecular flexibility index (Phi) is 3.79.